The number of hydrogen-bond acceptors (Lipinski definition) is 2. The van der Waals surface area contributed by atoms with Crippen LogP contribution >= 0.6 is 0 Å². The molecule has 1 saturated heterocycles. The summed E-state index contributed by atoms with van der Waals surface area (Å²) in [4.78, 5) is 0. The van der Waals surface area contributed by atoms with Crippen LogP contribution in [0.4, 0.5) is 13.2 Å². The van der Waals surface area contributed by atoms with E-state index < -0.39 is 11.9 Å². The van der Waals surface area contributed by atoms with Crippen molar-refractivity contribution in [3.63, 3.8) is 0 Å². The first-order valence-corrected chi connectivity index (χ1v) is 4.87. The molecule has 84 valence electrons. The fourth-order valence-corrected chi connectivity index (χ4v) is 1.83. The molecule has 3 nitrogen and oxygen atoms in total. The lowest BCUT2D eigenvalue weighted by Gasteiger charge is -2.13. The van der Waals surface area contributed by atoms with Gasteiger partial charge < -0.3 is 5.32 Å². The normalized spacial score (nSPS) is 22.2. The van der Waals surface area contributed by atoms with Crippen LogP contribution in [0.2, 0.25) is 0 Å². The van der Waals surface area contributed by atoms with Gasteiger partial charge in [-0.3, -0.25) is 4.68 Å². The van der Waals surface area contributed by atoms with Gasteiger partial charge in [0.05, 0.1) is 0 Å². The molecular formula is C9H12F3N3. The van der Waals surface area contributed by atoms with E-state index in [1.165, 1.54) is 6.20 Å². The molecular weight excluding hydrogens is 207 g/mol. The van der Waals surface area contributed by atoms with Gasteiger partial charge in [0.15, 0.2) is 0 Å². The van der Waals surface area contributed by atoms with Crippen LogP contribution in [-0.4, -0.2) is 22.9 Å². The molecule has 1 atom stereocenters. The van der Waals surface area contributed by atoms with Gasteiger partial charge in [-0.05, 0) is 31.5 Å². The third kappa shape index (κ3) is 2.31. The van der Waals surface area contributed by atoms with Crippen LogP contribution in [0.5, 0.6) is 0 Å². The maximum Gasteiger partial charge on any atom is 0.433 e. The standard InChI is InChI=1S/C9H12F3N3/c10-9(11,12)8-2-4-14-15(8)6-7-1-3-13-5-7/h2,4,7,13H,1,3,5-6H2. The Hall–Kier alpha value is -1.04. The average molecular weight is 219 g/mol. The Labute approximate surface area is 85.3 Å². The lowest BCUT2D eigenvalue weighted by atomic mass is 10.1. The van der Waals surface area contributed by atoms with Crippen molar-refractivity contribution in [1.29, 1.82) is 0 Å². The second kappa shape index (κ2) is 3.84. The highest BCUT2D eigenvalue weighted by Gasteiger charge is 2.35. The highest BCUT2D eigenvalue weighted by Crippen LogP contribution is 2.29. The molecule has 1 N–H and O–H groups in total. The van der Waals surface area contributed by atoms with E-state index >= 15 is 0 Å². The van der Waals surface area contributed by atoms with E-state index in [2.05, 4.69) is 10.4 Å². The van der Waals surface area contributed by atoms with Crippen molar-refractivity contribution in [1.82, 2.24) is 15.1 Å². The number of aromatic nitrogens is 2. The minimum atomic E-state index is -4.30. The van der Waals surface area contributed by atoms with Crippen LogP contribution in [-0.2, 0) is 12.7 Å². The van der Waals surface area contributed by atoms with Crippen molar-refractivity contribution < 1.29 is 13.2 Å². The smallest absolute Gasteiger partial charge is 0.316 e. The molecule has 1 aliphatic rings. The van der Waals surface area contributed by atoms with Crippen molar-refractivity contribution in [3.05, 3.63) is 18.0 Å². The van der Waals surface area contributed by atoms with Crippen LogP contribution in [0.3, 0.4) is 0 Å². The molecule has 1 aliphatic heterocycles. The zero-order valence-electron chi connectivity index (χ0n) is 8.09. The summed E-state index contributed by atoms with van der Waals surface area (Å²) in [5.74, 6) is 0.256. The summed E-state index contributed by atoms with van der Waals surface area (Å²) in [5.41, 5.74) is -0.658. The monoisotopic (exact) mass is 219 g/mol. The van der Waals surface area contributed by atoms with E-state index in [9.17, 15) is 13.2 Å². The second-order valence-corrected chi connectivity index (χ2v) is 3.76. The van der Waals surface area contributed by atoms with Crippen LogP contribution in [0.1, 0.15) is 12.1 Å². The van der Waals surface area contributed by atoms with Gasteiger partial charge in [-0.25, -0.2) is 0 Å². The lowest BCUT2D eigenvalue weighted by molar-refractivity contribution is -0.144. The van der Waals surface area contributed by atoms with Gasteiger partial charge in [-0.1, -0.05) is 0 Å². The average Bonchev–Trinajstić information content (AvgIpc) is 2.73. The minimum Gasteiger partial charge on any atom is -0.316 e. The molecule has 1 fully saturated rings. The van der Waals surface area contributed by atoms with E-state index in [1.54, 1.807) is 0 Å². The van der Waals surface area contributed by atoms with Gasteiger partial charge in [-0.2, -0.15) is 18.3 Å². The van der Waals surface area contributed by atoms with Gasteiger partial charge in [0.1, 0.15) is 5.69 Å². The maximum atomic E-state index is 12.5. The number of halogens is 3. The molecule has 15 heavy (non-hydrogen) atoms. The van der Waals surface area contributed by atoms with Crippen LogP contribution in [0.25, 0.3) is 0 Å². The zero-order valence-corrected chi connectivity index (χ0v) is 8.09. The highest BCUT2D eigenvalue weighted by atomic mass is 19.4. The van der Waals surface area contributed by atoms with Gasteiger partial charge in [0, 0.05) is 12.7 Å². The van der Waals surface area contributed by atoms with E-state index in [-0.39, 0.29) is 5.92 Å². The molecule has 0 bridgehead atoms. The number of nitrogens with zero attached hydrogens (tertiary/aromatic N) is 2. The van der Waals surface area contributed by atoms with Crippen molar-refractivity contribution in [2.24, 2.45) is 5.92 Å². The first-order valence-electron chi connectivity index (χ1n) is 4.87. The maximum absolute atomic E-state index is 12.5. The third-order valence-electron chi connectivity index (χ3n) is 2.60. The van der Waals surface area contributed by atoms with E-state index in [1.807, 2.05) is 0 Å². The fourth-order valence-electron chi connectivity index (χ4n) is 1.83. The van der Waals surface area contributed by atoms with Crippen molar-refractivity contribution >= 4 is 0 Å². The predicted octanol–water partition coefficient (Wildman–Crippen LogP) is 1.51. The Balaban J connectivity index is 2.11. The number of rotatable bonds is 2. The Morgan fingerprint density at radius 3 is 2.93 bits per heavy atom. The predicted molar refractivity (Wildman–Crippen MR) is 48.2 cm³/mol. The van der Waals surface area contributed by atoms with E-state index in [4.69, 9.17) is 0 Å². The molecule has 0 spiro atoms. The van der Waals surface area contributed by atoms with Crippen LogP contribution in [0.15, 0.2) is 12.3 Å². The summed E-state index contributed by atoms with van der Waals surface area (Å²) in [7, 11) is 0. The van der Waals surface area contributed by atoms with Crippen LogP contribution in [0, 0.1) is 5.92 Å². The SMILES string of the molecule is FC(F)(F)c1ccnn1CC1CCNC1. The number of hydrogen-bond donors (Lipinski definition) is 1. The van der Waals surface area contributed by atoms with Gasteiger partial charge >= 0.3 is 6.18 Å². The highest BCUT2D eigenvalue weighted by molar-refractivity contribution is 5.05. The van der Waals surface area contributed by atoms with Crippen molar-refractivity contribution in [2.75, 3.05) is 13.1 Å². The zero-order chi connectivity index (χ0) is 10.9. The largest absolute Gasteiger partial charge is 0.433 e. The first-order chi connectivity index (χ1) is 7.07. The minimum absolute atomic E-state index is 0.256. The molecule has 0 aliphatic carbocycles. The molecule has 0 amide bonds. The Kier molecular flexibility index (Phi) is 2.68. The Bertz CT molecular complexity index is 326. The van der Waals surface area contributed by atoms with Gasteiger partial charge in [-0.15, -0.1) is 0 Å². The van der Waals surface area contributed by atoms with Crippen LogP contribution < -0.4 is 5.32 Å². The molecule has 1 aromatic rings. The topological polar surface area (TPSA) is 29.9 Å². The van der Waals surface area contributed by atoms with E-state index in [0.717, 1.165) is 30.3 Å². The summed E-state index contributed by atoms with van der Waals surface area (Å²) in [6, 6.07) is 1.02. The second-order valence-electron chi connectivity index (χ2n) is 3.76. The molecule has 0 aromatic carbocycles. The molecule has 1 unspecified atom stereocenters. The molecule has 2 heterocycles. The van der Waals surface area contributed by atoms with Crippen molar-refractivity contribution in [2.45, 2.75) is 19.1 Å². The Morgan fingerprint density at radius 1 is 1.53 bits per heavy atom. The number of alkyl halides is 3. The first kappa shape index (κ1) is 10.5. The lowest BCUT2D eigenvalue weighted by Crippen LogP contribution is -2.20. The molecule has 0 saturated carbocycles. The molecule has 1 aromatic heterocycles. The van der Waals surface area contributed by atoms with Gasteiger partial charge in [0.25, 0.3) is 0 Å². The molecule has 6 heteroatoms. The number of nitrogens with one attached hydrogen (secondary N) is 1. The summed E-state index contributed by atoms with van der Waals surface area (Å²) < 4.78 is 38.5. The summed E-state index contributed by atoms with van der Waals surface area (Å²) in [6.07, 6.45) is -2.19. The summed E-state index contributed by atoms with van der Waals surface area (Å²) >= 11 is 0. The van der Waals surface area contributed by atoms with Crippen molar-refractivity contribution in [3.8, 4) is 0 Å². The fraction of sp³-hybridized carbons (Fsp3) is 0.667. The summed E-state index contributed by atoms with van der Waals surface area (Å²) in [5, 5.41) is 6.84. The quantitative estimate of drug-likeness (QED) is 0.817. The summed E-state index contributed by atoms with van der Waals surface area (Å²) in [6.45, 7) is 2.00. The molecule has 0 radical (unpaired) electrons. The third-order valence-corrected chi connectivity index (χ3v) is 2.60. The molecule has 2 rings (SSSR count). The van der Waals surface area contributed by atoms with E-state index in [0.29, 0.717) is 6.54 Å². The Morgan fingerprint density at radius 2 is 2.33 bits per heavy atom. The van der Waals surface area contributed by atoms with Gasteiger partial charge in [0.2, 0.25) is 0 Å².